The molecule has 0 spiro atoms. The topological polar surface area (TPSA) is 237 Å². The van der Waals surface area contributed by atoms with E-state index in [1.165, 1.54) is 77.0 Å². The van der Waals surface area contributed by atoms with Crippen molar-refractivity contribution in [3.8, 4) is 0 Å². The Morgan fingerprint density at radius 3 is 0.814 bits per heavy atom. The molecule has 0 fully saturated rings. The minimum absolute atomic E-state index is 0.0568. The smallest absolute Gasteiger partial charge is 0.462 e. The summed E-state index contributed by atoms with van der Waals surface area (Å²) in [5.74, 6) is -2.24. The molecule has 0 aromatic carbocycles. The van der Waals surface area contributed by atoms with Crippen LogP contribution in [0.2, 0.25) is 0 Å². The van der Waals surface area contributed by atoms with Crippen LogP contribution in [0.15, 0.2) is 122 Å². The maximum absolute atomic E-state index is 13.1. The first kappa shape index (κ1) is 97.5. The summed E-state index contributed by atoms with van der Waals surface area (Å²) >= 11 is 0. The zero-order valence-electron chi connectivity index (χ0n) is 64.0. The first-order valence-corrected chi connectivity index (χ1v) is 42.8. The highest BCUT2D eigenvalue weighted by Gasteiger charge is 2.30. The average Bonchev–Trinajstić information content (AvgIpc) is 0.923. The minimum atomic E-state index is -4.99. The lowest BCUT2D eigenvalue weighted by atomic mass is 10.0. The molecule has 0 saturated carbocycles. The third-order valence-corrected chi connectivity index (χ3v) is 18.3. The number of ether oxygens (including phenoxy) is 4. The fraction of sp³-hybridized carbons (Fsp3) is 0.711. The van der Waals surface area contributed by atoms with Gasteiger partial charge >= 0.3 is 39.5 Å². The van der Waals surface area contributed by atoms with Gasteiger partial charge in [-0.3, -0.25) is 37.3 Å². The van der Waals surface area contributed by atoms with Crippen molar-refractivity contribution in [3.63, 3.8) is 0 Å². The number of hydrogen-bond donors (Lipinski definition) is 3. The Morgan fingerprint density at radius 2 is 0.510 bits per heavy atom. The van der Waals surface area contributed by atoms with E-state index in [-0.39, 0.29) is 25.7 Å². The van der Waals surface area contributed by atoms with Crippen LogP contribution in [0.5, 0.6) is 0 Å². The fourth-order valence-electron chi connectivity index (χ4n) is 10.4. The maximum Gasteiger partial charge on any atom is 0.472 e. The predicted octanol–water partition coefficient (Wildman–Crippen LogP) is 23.1. The molecule has 0 aliphatic carbocycles. The van der Waals surface area contributed by atoms with Gasteiger partial charge in [0.25, 0.3) is 0 Å². The Bertz CT molecular complexity index is 2410. The van der Waals surface area contributed by atoms with Gasteiger partial charge in [-0.15, -0.1) is 0 Å². The molecule has 0 aromatic heterocycles. The molecule has 0 bridgehead atoms. The van der Waals surface area contributed by atoms with Gasteiger partial charge in [0.1, 0.15) is 19.3 Å². The molecule has 0 heterocycles. The lowest BCUT2D eigenvalue weighted by molar-refractivity contribution is -0.161. The molecule has 0 saturated heterocycles. The van der Waals surface area contributed by atoms with Gasteiger partial charge in [0.05, 0.1) is 26.4 Å². The molecular formula is C83H142O17P2. The van der Waals surface area contributed by atoms with Gasteiger partial charge in [0, 0.05) is 25.7 Å². The summed E-state index contributed by atoms with van der Waals surface area (Å²) in [5, 5.41) is 10.6. The van der Waals surface area contributed by atoms with E-state index in [0.29, 0.717) is 25.7 Å². The van der Waals surface area contributed by atoms with E-state index in [4.69, 9.17) is 37.0 Å². The lowest BCUT2D eigenvalue weighted by Gasteiger charge is -2.21. The number of phosphoric acid groups is 2. The Labute approximate surface area is 619 Å². The molecule has 0 aliphatic rings. The highest BCUT2D eigenvalue weighted by molar-refractivity contribution is 7.47. The Morgan fingerprint density at radius 1 is 0.284 bits per heavy atom. The number of aliphatic hydroxyl groups excluding tert-OH is 1. The SMILES string of the molecule is CC/C=C\C/C=C\C/C=C\C/C=C\C/C=C\CCCCCC(=O)OCC(COP(=O)(O)OCC(O)COP(=O)(O)OCC(COC(=O)CCCCCCC/C=C\CCCCCC)OC(=O)CCCCCCCCCCCCCCC)OC(=O)CCCCCC/C=C\C/C=C\C/C=C\C/C=C\CC. The summed E-state index contributed by atoms with van der Waals surface area (Å²) in [6.07, 6.45) is 81.8. The average molecular weight is 1470 g/mol. The van der Waals surface area contributed by atoms with Crippen molar-refractivity contribution in [1.82, 2.24) is 0 Å². The molecule has 0 radical (unpaired) electrons. The summed E-state index contributed by atoms with van der Waals surface area (Å²) in [4.78, 5) is 73.0. The molecular weight excluding hydrogens is 1330 g/mol. The van der Waals surface area contributed by atoms with E-state index in [0.717, 1.165) is 167 Å². The number of unbranched alkanes of at least 4 members (excludes halogenated alkanes) is 28. The van der Waals surface area contributed by atoms with Gasteiger partial charge in [-0.1, -0.05) is 284 Å². The summed E-state index contributed by atoms with van der Waals surface area (Å²) in [5.41, 5.74) is 0. The van der Waals surface area contributed by atoms with Crippen molar-refractivity contribution in [2.75, 3.05) is 39.6 Å². The number of allylic oxidation sites excluding steroid dienone is 20. The van der Waals surface area contributed by atoms with Crippen LogP contribution in [0.1, 0.15) is 323 Å². The van der Waals surface area contributed by atoms with E-state index in [1.54, 1.807) is 0 Å². The quantitative estimate of drug-likeness (QED) is 0.0169. The number of rotatable bonds is 74. The number of aliphatic hydroxyl groups is 1. The molecule has 0 aliphatic heterocycles. The Balaban J connectivity index is 5.41. The summed E-state index contributed by atoms with van der Waals surface area (Å²) in [7, 11) is -9.97. The predicted molar refractivity (Wildman–Crippen MR) is 418 cm³/mol. The summed E-state index contributed by atoms with van der Waals surface area (Å²) in [6, 6.07) is 0. The summed E-state index contributed by atoms with van der Waals surface area (Å²) < 4.78 is 68.5. The highest BCUT2D eigenvalue weighted by Crippen LogP contribution is 2.45. The molecule has 0 rings (SSSR count). The van der Waals surface area contributed by atoms with Crippen molar-refractivity contribution in [2.24, 2.45) is 0 Å². The van der Waals surface area contributed by atoms with Crippen LogP contribution >= 0.6 is 15.6 Å². The number of esters is 4. The standard InChI is InChI=1S/C83H142O17P2/c1-5-9-13-17-21-25-29-33-35-37-38-40-41-45-48-52-56-60-64-68-81(86)94-74-79(100-83(88)70-66-62-58-54-50-46-42-39-36-34-30-26-22-18-14-10-6-2)76-98-102(91,92)96-72-77(84)71-95-101(89,90)97-75-78(99-82(87)69-65-61-57-53-49-44-32-28-24-20-16-12-8-4)73-93-80(85)67-63-59-55-51-47-43-31-27-23-19-15-11-7-3/h9-10,13-14,21-22,25-27,31,33-36,38,40,42,45-46,48,77-79,84H,5-8,11-12,15-20,23-24,28-30,32,37,39,41,43-44,47,49-76H2,1-4H3,(H,89,90)(H,91,92)/b13-9-,14-10-,25-21-,26-22-,31-27-,35-33-,36-34-,40-38-,46-42-,48-45-. The van der Waals surface area contributed by atoms with Crippen LogP contribution in [-0.4, -0.2) is 96.7 Å². The summed E-state index contributed by atoms with van der Waals surface area (Å²) in [6.45, 7) is 4.58. The zero-order chi connectivity index (χ0) is 74.6. The first-order chi connectivity index (χ1) is 49.7. The second-order valence-corrected chi connectivity index (χ2v) is 29.2. The van der Waals surface area contributed by atoms with Crippen molar-refractivity contribution >= 4 is 39.5 Å². The van der Waals surface area contributed by atoms with Gasteiger partial charge in [-0.2, -0.15) is 0 Å². The fourth-order valence-corrected chi connectivity index (χ4v) is 12.0. The van der Waals surface area contributed by atoms with Crippen molar-refractivity contribution < 1.29 is 80.2 Å². The van der Waals surface area contributed by atoms with Crippen LogP contribution in [0.4, 0.5) is 0 Å². The normalized spacial score (nSPS) is 14.5. The van der Waals surface area contributed by atoms with Crippen LogP contribution in [-0.2, 0) is 65.4 Å². The Hall–Kier alpha value is -4.54. The maximum atomic E-state index is 13.1. The third-order valence-electron chi connectivity index (χ3n) is 16.4. The van der Waals surface area contributed by atoms with Gasteiger partial charge in [-0.25, -0.2) is 9.13 Å². The molecule has 586 valence electrons. The number of phosphoric ester groups is 2. The van der Waals surface area contributed by atoms with Crippen LogP contribution in [0.25, 0.3) is 0 Å². The van der Waals surface area contributed by atoms with E-state index in [9.17, 15) is 43.2 Å². The van der Waals surface area contributed by atoms with Gasteiger partial charge in [0.15, 0.2) is 12.2 Å². The number of carbonyl (C=O) groups is 4. The van der Waals surface area contributed by atoms with E-state index in [1.807, 2.05) is 0 Å². The monoisotopic (exact) mass is 1470 g/mol. The van der Waals surface area contributed by atoms with Crippen LogP contribution in [0.3, 0.4) is 0 Å². The number of carbonyl (C=O) groups excluding carboxylic acids is 4. The van der Waals surface area contributed by atoms with Gasteiger partial charge in [0.2, 0.25) is 0 Å². The van der Waals surface area contributed by atoms with Gasteiger partial charge < -0.3 is 33.8 Å². The molecule has 102 heavy (non-hydrogen) atoms. The lowest BCUT2D eigenvalue weighted by Crippen LogP contribution is -2.30. The molecule has 0 aromatic rings. The molecule has 5 unspecified atom stereocenters. The second-order valence-electron chi connectivity index (χ2n) is 26.2. The van der Waals surface area contributed by atoms with Crippen molar-refractivity contribution in [3.05, 3.63) is 122 Å². The van der Waals surface area contributed by atoms with E-state index >= 15 is 0 Å². The first-order valence-electron chi connectivity index (χ1n) is 39.8. The van der Waals surface area contributed by atoms with Crippen molar-refractivity contribution in [1.29, 1.82) is 0 Å². The van der Waals surface area contributed by atoms with Crippen LogP contribution < -0.4 is 0 Å². The van der Waals surface area contributed by atoms with E-state index in [2.05, 4.69) is 149 Å². The highest BCUT2D eigenvalue weighted by atomic mass is 31.2. The molecule has 19 heteroatoms. The molecule has 17 nitrogen and oxygen atoms in total. The Kier molecular flexibility index (Phi) is 71.4. The molecule has 5 atom stereocenters. The van der Waals surface area contributed by atoms with Crippen LogP contribution in [0, 0.1) is 0 Å². The minimum Gasteiger partial charge on any atom is -0.462 e. The third kappa shape index (κ3) is 73.8. The molecule has 3 N–H and O–H groups in total. The van der Waals surface area contributed by atoms with Gasteiger partial charge in [-0.05, 0) is 135 Å². The zero-order valence-corrected chi connectivity index (χ0v) is 65.8. The molecule has 0 amide bonds. The van der Waals surface area contributed by atoms with E-state index < -0.39 is 97.5 Å². The largest absolute Gasteiger partial charge is 0.472 e. The number of hydrogen-bond acceptors (Lipinski definition) is 15. The van der Waals surface area contributed by atoms with Crippen molar-refractivity contribution in [2.45, 2.75) is 341 Å². The second kappa shape index (κ2) is 74.7.